The second-order valence-electron chi connectivity index (χ2n) is 5.88. The molecule has 7 heteroatoms. The predicted octanol–water partition coefficient (Wildman–Crippen LogP) is 0.876. The summed E-state index contributed by atoms with van der Waals surface area (Å²) in [6.07, 6.45) is 5.36. The summed E-state index contributed by atoms with van der Waals surface area (Å²) in [6.45, 7) is 5.68. The summed E-state index contributed by atoms with van der Waals surface area (Å²) in [7, 11) is 0. The molecule has 1 atom stereocenters. The molecule has 1 aromatic heterocycles. The average Bonchev–Trinajstić information content (AvgIpc) is 2.57. The number of rotatable bonds is 2. The predicted molar refractivity (Wildman–Crippen MR) is 82.8 cm³/mol. The van der Waals surface area contributed by atoms with Crippen molar-refractivity contribution in [2.75, 3.05) is 37.7 Å². The van der Waals surface area contributed by atoms with Gasteiger partial charge in [-0.3, -0.25) is 0 Å². The van der Waals surface area contributed by atoms with Gasteiger partial charge in [-0.2, -0.15) is 0 Å². The fraction of sp³-hybridized carbons (Fsp3) is 0.667. The molecule has 2 aliphatic heterocycles. The van der Waals surface area contributed by atoms with E-state index in [0.717, 1.165) is 31.9 Å². The van der Waals surface area contributed by atoms with Gasteiger partial charge in [-0.25, -0.2) is 14.8 Å². The normalized spacial score (nSPS) is 23.4. The van der Waals surface area contributed by atoms with E-state index in [1.165, 1.54) is 0 Å². The van der Waals surface area contributed by atoms with Crippen LogP contribution in [0, 0.1) is 0 Å². The minimum atomic E-state index is 0.0326. The minimum Gasteiger partial charge on any atom is -0.377 e. The fourth-order valence-electron chi connectivity index (χ4n) is 2.96. The van der Waals surface area contributed by atoms with Gasteiger partial charge in [0.2, 0.25) is 5.95 Å². The van der Waals surface area contributed by atoms with Gasteiger partial charge in [-0.15, -0.1) is 0 Å². The molecule has 0 aromatic carbocycles. The summed E-state index contributed by atoms with van der Waals surface area (Å²) in [5.74, 6) is 0.772. The van der Waals surface area contributed by atoms with Crippen molar-refractivity contribution in [2.45, 2.75) is 31.8 Å². The Morgan fingerprint density at radius 3 is 2.68 bits per heavy atom. The molecule has 2 saturated heterocycles. The van der Waals surface area contributed by atoms with Crippen molar-refractivity contribution in [3.63, 3.8) is 0 Å². The Morgan fingerprint density at radius 2 is 2.00 bits per heavy atom. The van der Waals surface area contributed by atoms with Gasteiger partial charge in [-0.05, 0) is 25.8 Å². The van der Waals surface area contributed by atoms with Crippen molar-refractivity contribution in [1.29, 1.82) is 0 Å². The van der Waals surface area contributed by atoms with Crippen LogP contribution in [0.2, 0.25) is 0 Å². The van der Waals surface area contributed by atoms with E-state index in [4.69, 9.17) is 4.74 Å². The minimum absolute atomic E-state index is 0.0326. The molecule has 3 rings (SSSR count). The van der Waals surface area contributed by atoms with Gasteiger partial charge >= 0.3 is 6.03 Å². The molecule has 2 amide bonds. The lowest BCUT2D eigenvalue weighted by atomic mass is 10.1. The number of carbonyl (C=O) groups is 1. The first-order valence-electron chi connectivity index (χ1n) is 7.91. The van der Waals surface area contributed by atoms with Crippen molar-refractivity contribution in [3.05, 3.63) is 18.5 Å². The first-order chi connectivity index (χ1) is 10.7. The number of urea groups is 1. The molecule has 2 fully saturated rings. The van der Waals surface area contributed by atoms with E-state index in [1.54, 1.807) is 12.4 Å². The molecular weight excluding hydrogens is 282 g/mol. The summed E-state index contributed by atoms with van der Waals surface area (Å²) >= 11 is 0. The van der Waals surface area contributed by atoms with E-state index >= 15 is 0 Å². The van der Waals surface area contributed by atoms with E-state index in [9.17, 15) is 4.79 Å². The second kappa shape index (κ2) is 6.91. The lowest BCUT2D eigenvalue weighted by molar-refractivity contribution is 0.0182. The van der Waals surface area contributed by atoms with Gasteiger partial charge in [0.15, 0.2) is 0 Å². The van der Waals surface area contributed by atoms with Crippen molar-refractivity contribution in [3.8, 4) is 0 Å². The summed E-state index contributed by atoms with van der Waals surface area (Å²) in [6, 6.07) is 2.22. The van der Waals surface area contributed by atoms with Crippen molar-refractivity contribution in [1.82, 2.24) is 20.2 Å². The Kier molecular flexibility index (Phi) is 4.72. The molecule has 120 valence electrons. The van der Waals surface area contributed by atoms with Crippen LogP contribution in [0.5, 0.6) is 0 Å². The standard InChI is InChI=1S/C15H23N5O2/c1-12-11-22-10-9-20(12)15(21)18-13-3-7-19(8-4-13)14-16-5-2-6-17-14/h2,5-6,12-13H,3-4,7-11H2,1H3,(H,18,21)/t12-/m0/s1. The maximum atomic E-state index is 12.3. The maximum absolute atomic E-state index is 12.3. The van der Waals surface area contributed by atoms with E-state index in [2.05, 4.69) is 20.2 Å². The molecule has 0 bridgehead atoms. The van der Waals surface area contributed by atoms with Crippen molar-refractivity contribution >= 4 is 12.0 Å². The van der Waals surface area contributed by atoms with E-state index < -0.39 is 0 Å². The summed E-state index contributed by atoms with van der Waals surface area (Å²) in [4.78, 5) is 24.9. The topological polar surface area (TPSA) is 70.6 Å². The van der Waals surface area contributed by atoms with Gasteiger partial charge < -0.3 is 19.9 Å². The number of piperidine rings is 1. The zero-order chi connectivity index (χ0) is 15.4. The summed E-state index contributed by atoms with van der Waals surface area (Å²) in [5.41, 5.74) is 0. The number of hydrogen-bond donors (Lipinski definition) is 1. The van der Waals surface area contributed by atoms with Gasteiger partial charge in [0.25, 0.3) is 0 Å². The lowest BCUT2D eigenvalue weighted by Crippen LogP contribution is -2.55. The van der Waals surface area contributed by atoms with Crippen LogP contribution in [-0.2, 0) is 4.74 Å². The van der Waals surface area contributed by atoms with Crippen LogP contribution >= 0.6 is 0 Å². The van der Waals surface area contributed by atoms with Crippen LogP contribution in [-0.4, -0.2) is 65.8 Å². The first-order valence-corrected chi connectivity index (χ1v) is 7.91. The molecular formula is C15H23N5O2. The van der Waals surface area contributed by atoms with Crippen LogP contribution in [0.15, 0.2) is 18.5 Å². The number of morpholine rings is 1. The highest BCUT2D eigenvalue weighted by Crippen LogP contribution is 2.16. The molecule has 2 aliphatic rings. The van der Waals surface area contributed by atoms with Crippen molar-refractivity contribution in [2.24, 2.45) is 0 Å². The number of ether oxygens (including phenoxy) is 1. The third kappa shape index (κ3) is 3.47. The second-order valence-corrected chi connectivity index (χ2v) is 5.88. The molecule has 1 N–H and O–H groups in total. The highest BCUT2D eigenvalue weighted by Gasteiger charge is 2.27. The number of anilines is 1. The van der Waals surface area contributed by atoms with Gasteiger partial charge in [-0.1, -0.05) is 0 Å². The quantitative estimate of drug-likeness (QED) is 0.878. The molecule has 0 spiro atoms. The Hall–Kier alpha value is -1.89. The summed E-state index contributed by atoms with van der Waals surface area (Å²) in [5, 5.41) is 3.15. The van der Waals surface area contributed by atoms with E-state index in [1.807, 2.05) is 17.9 Å². The number of aromatic nitrogens is 2. The van der Waals surface area contributed by atoms with Crippen LogP contribution in [0.25, 0.3) is 0 Å². The van der Waals surface area contributed by atoms with Crippen LogP contribution < -0.4 is 10.2 Å². The zero-order valence-corrected chi connectivity index (χ0v) is 12.9. The largest absolute Gasteiger partial charge is 0.377 e. The van der Waals surface area contributed by atoms with Crippen molar-refractivity contribution < 1.29 is 9.53 Å². The molecule has 0 unspecified atom stereocenters. The van der Waals surface area contributed by atoms with Gasteiger partial charge in [0, 0.05) is 38.1 Å². The number of nitrogens with zero attached hydrogens (tertiary/aromatic N) is 4. The Balaban J connectivity index is 1.48. The first kappa shape index (κ1) is 15.0. The maximum Gasteiger partial charge on any atom is 0.318 e. The molecule has 3 heterocycles. The highest BCUT2D eigenvalue weighted by atomic mass is 16.5. The SMILES string of the molecule is C[C@H]1COCCN1C(=O)NC1CCN(c2ncccn2)CC1. The Morgan fingerprint density at radius 1 is 1.27 bits per heavy atom. The van der Waals surface area contributed by atoms with Gasteiger partial charge in [0.1, 0.15) is 0 Å². The zero-order valence-electron chi connectivity index (χ0n) is 12.9. The Bertz CT molecular complexity index is 490. The number of amides is 2. The Labute approximate surface area is 130 Å². The number of carbonyl (C=O) groups excluding carboxylic acids is 1. The monoisotopic (exact) mass is 305 g/mol. The van der Waals surface area contributed by atoms with Crippen LogP contribution in [0.3, 0.4) is 0 Å². The molecule has 7 nitrogen and oxygen atoms in total. The highest BCUT2D eigenvalue weighted by molar-refractivity contribution is 5.75. The average molecular weight is 305 g/mol. The summed E-state index contributed by atoms with van der Waals surface area (Å²) < 4.78 is 5.37. The van der Waals surface area contributed by atoms with E-state index in [0.29, 0.717) is 19.8 Å². The fourth-order valence-corrected chi connectivity index (χ4v) is 2.96. The van der Waals surface area contributed by atoms with Crippen LogP contribution in [0.1, 0.15) is 19.8 Å². The van der Waals surface area contributed by atoms with Gasteiger partial charge in [0.05, 0.1) is 19.3 Å². The number of nitrogens with one attached hydrogen (secondary N) is 1. The third-order valence-corrected chi connectivity index (χ3v) is 4.29. The molecule has 22 heavy (non-hydrogen) atoms. The third-order valence-electron chi connectivity index (χ3n) is 4.29. The smallest absolute Gasteiger partial charge is 0.318 e. The molecule has 1 aromatic rings. The van der Waals surface area contributed by atoms with Crippen LogP contribution in [0.4, 0.5) is 10.7 Å². The molecule has 0 radical (unpaired) electrons. The molecule has 0 aliphatic carbocycles. The van der Waals surface area contributed by atoms with E-state index in [-0.39, 0.29) is 18.1 Å². The lowest BCUT2D eigenvalue weighted by Gasteiger charge is -2.37. The number of hydrogen-bond acceptors (Lipinski definition) is 5. The molecule has 0 saturated carbocycles.